The Hall–Kier alpha value is -0.0900. The first-order valence-electron chi connectivity index (χ1n) is 10.7. The molecule has 0 saturated carbocycles. The van der Waals surface area contributed by atoms with E-state index in [9.17, 15) is 4.57 Å². The van der Waals surface area contributed by atoms with E-state index < -0.39 is 38.4 Å². The van der Waals surface area contributed by atoms with Crippen molar-refractivity contribution in [2.45, 2.75) is 19.4 Å². The van der Waals surface area contributed by atoms with Crippen molar-refractivity contribution in [3.8, 4) is 0 Å². The predicted octanol–water partition coefficient (Wildman–Crippen LogP) is 4.36. The van der Waals surface area contributed by atoms with Gasteiger partial charge >= 0.3 is 7.67 Å². The second kappa shape index (κ2) is 8.68. The Morgan fingerprint density at radius 1 is 1.45 bits per heavy atom. The fourth-order valence-electron chi connectivity index (χ4n) is 2.33. The first-order valence-corrected chi connectivity index (χ1v) is 9.02. The van der Waals surface area contributed by atoms with Crippen LogP contribution in [-0.2, 0) is 9.09 Å². The van der Waals surface area contributed by atoms with Gasteiger partial charge in [0, 0.05) is 48.2 Å². The van der Waals surface area contributed by atoms with Crippen molar-refractivity contribution in [1.29, 1.82) is 0 Å². The Morgan fingerprint density at radius 3 is 2.68 bits per heavy atom. The van der Waals surface area contributed by atoms with Crippen LogP contribution in [0.3, 0.4) is 0 Å². The second-order valence-corrected chi connectivity index (χ2v) is 7.18. The molecular formula is C15H23Cl2N2O2P. The molecule has 0 aromatic heterocycles. The van der Waals surface area contributed by atoms with Crippen LogP contribution in [0.4, 0.5) is 0 Å². The summed E-state index contributed by atoms with van der Waals surface area (Å²) in [6, 6.07) is 8.07. The van der Waals surface area contributed by atoms with Gasteiger partial charge in [-0.25, -0.2) is 9.34 Å². The third kappa shape index (κ3) is 4.05. The number of halogens is 2. The SMILES string of the molecule is [2H]C([2H])(Cl)C([3H])([3H])N(C([3H])([3H])C([2H])([2H])Cl)P1(=O)OCCCN1C(C)c1ccccc1. The maximum absolute atomic E-state index is 14.2. The molecule has 1 aliphatic heterocycles. The van der Waals surface area contributed by atoms with Crippen LogP contribution >= 0.6 is 30.9 Å². The molecule has 1 aromatic rings. The van der Waals surface area contributed by atoms with E-state index >= 15 is 0 Å². The monoisotopic (exact) mass is 376 g/mol. The molecule has 0 aliphatic carbocycles. The van der Waals surface area contributed by atoms with Gasteiger partial charge in [0.2, 0.25) is 0 Å². The second-order valence-electron chi connectivity index (χ2n) is 4.65. The van der Waals surface area contributed by atoms with Gasteiger partial charge in [0.05, 0.1) is 6.61 Å². The van der Waals surface area contributed by atoms with Crippen LogP contribution in [0.2, 0.25) is 0 Å². The molecule has 1 aromatic carbocycles. The quantitative estimate of drug-likeness (QED) is 0.522. The van der Waals surface area contributed by atoms with Crippen LogP contribution < -0.4 is 0 Å². The maximum Gasteiger partial charge on any atom is 0.346 e. The van der Waals surface area contributed by atoms with Crippen LogP contribution in [0.15, 0.2) is 30.3 Å². The number of hydrogen-bond donors (Lipinski definition) is 0. The van der Waals surface area contributed by atoms with Crippen molar-refractivity contribution in [3.63, 3.8) is 0 Å². The van der Waals surface area contributed by atoms with E-state index in [2.05, 4.69) is 0 Å². The van der Waals surface area contributed by atoms with Gasteiger partial charge in [0.25, 0.3) is 0 Å². The van der Waals surface area contributed by atoms with E-state index in [1.165, 1.54) is 4.67 Å². The molecule has 1 heterocycles. The van der Waals surface area contributed by atoms with Gasteiger partial charge in [0.1, 0.15) is 0 Å². The Bertz CT molecular complexity index is 765. The molecule has 0 amide bonds. The first-order chi connectivity index (χ1) is 13.5. The molecule has 7 heteroatoms. The zero-order valence-electron chi connectivity index (χ0n) is 20.0. The number of benzene rings is 1. The number of alkyl halides is 2. The zero-order chi connectivity index (χ0) is 23.2. The highest BCUT2D eigenvalue weighted by Crippen LogP contribution is 2.59. The van der Waals surface area contributed by atoms with E-state index in [1.807, 2.05) is 0 Å². The Kier molecular flexibility index (Phi) is 3.95. The van der Waals surface area contributed by atoms with Crippen molar-refractivity contribution in [2.75, 3.05) is 37.8 Å². The minimum atomic E-state index is -4.72. The molecule has 0 bridgehead atoms. The zero-order valence-corrected chi connectivity index (χ0v) is 14.4. The van der Waals surface area contributed by atoms with Crippen molar-refractivity contribution < 1.29 is 20.1 Å². The Balaban J connectivity index is 2.71. The van der Waals surface area contributed by atoms with E-state index in [4.69, 9.17) is 38.7 Å². The summed E-state index contributed by atoms with van der Waals surface area (Å²) < 4.78 is 84.3. The molecule has 2 rings (SSSR count). The van der Waals surface area contributed by atoms with Gasteiger partial charge in [-0.05, 0) is 18.9 Å². The lowest BCUT2D eigenvalue weighted by Crippen LogP contribution is -2.40. The molecule has 2 atom stereocenters. The Morgan fingerprint density at radius 2 is 2.09 bits per heavy atom. The van der Waals surface area contributed by atoms with Gasteiger partial charge in [-0.15, -0.1) is 23.2 Å². The summed E-state index contributed by atoms with van der Waals surface area (Å²) in [5.74, 6) is -6.52. The van der Waals surface area contributed by atoms with Crippen LogP contribution in [0.25, 0.3) is 0 Å². The first kappa shape index (κ1) is 10.0. The van der Waals surface area contributed by atoms with E-state index in [0.717, 1.165) is 0 Å². The molecule has 22 heavy (non-hydrogen) atoms. The molecule has 0 radical (unpaired) electrons. The molecule has 1 aliphatic rings. The van der Waals surface area contributed by atoms with E-state index in [0.29, 0.717) is 12.0 Å². The summed E-state index contributed by atoms with van der Waals surface area (Å²) in [6.45, 7) is -5.31. The molecule has 0 spiro atoms. The normalized spacial score (nSPS) is 32.5. The molecule has 1 saturated heterocycles. The molecule has 1 fully saturated rings. The highest BCUT2D eigenvalue weighted by molar-refractivity contribution is 7.54. The summed E-state index contributed by atoms with van der Waals surface area (Å²) in [7, 11) is -4.72. The smallest absolute Gasteiger partial charge is 0.306 e. The molecule has 0 N–H and O–H groups in total. The third-order valence-electron chi connectivity index (χ3n) is 3.39. The fraction of sp³-hybridized carbons (Fsp3) is 0.600. The minimum absolute atomic E-state index is 0.0917. The predicted molar refractivity (Wildman–Crippen MR) is 92.8 cm³/mol. The number of nitrogens with zero attached hydrogens (tertiary/aromatic N) is 2. The lowest BCUT2D eigenvalue weighted by molar-refractivity contribution is 0.148. The van der Waals surface area contributed by atoms with Gasteiger partial charge in [0.15, 0.2) is 0 Å². The average Bonchev–Trinajstić information content (AvgIpc) is 2.59. The van der Waals surface area contributed by atoms with Gasteiger partial charge in [-0.2, -0.15) is 0 Å². The van der Waals surface area contributed by atoms with Gasteiger partial charge in [-0.1, -0.05) is 30.3 Å². The summed E-state index contributed by atoms with van der Waals surface area (Å²) in [4.78, 5) is 0. The van der Waals surface area contributed by atoms with Crippen molar-refractivity contribution in [3.05, 3.63) is 35.9 Å². The summed E-state index contributed by atoms with van der Waals surface area (Å²) in [5.41, 5.74) is 0.673. The van der Waals surface area contributed by atoms with Gasteiger partial charge in [-0.3, -0.25) is 4.57 Å². The van der Waals surface area contributed by atoms with Crippen molar-refractivity contribution in [1.82, 2.24) is 9.34 Å². The van der Waals surface area contributed by atoms with Crippen LogP contribution in [0.5, 0.6) is 0 Å². The summed E-state index contributed by atoms with van der Waals surface area (Å²) in [6.07, 6.45) is 0.391. The highest BCUT2D eigenvalue weighted by Gasteiger charge is 2.43. The fourth-order valence-corrected chi connectivity index (χ4v) is 4.80. The molecule has 4 nitrogen and oxygen atoms in total. The molecule has 2 unspecified atom stereocenters. The third-order valence-corrected chi connectivity index (χ3v) is 5.98. The lowest BCUT2D eigenvalue weighted by Gasteiger charge is -2.43. The number of hydrogen-bond acceptors (Lipinski definition) is 2. The summed E-state index contributed by atoms with van der Waals surface area (Å²) in [5, 5.41) is 0. The highest BCUT2D eigenvalue weighted by atomic mass is 35.5. The minimum Gasteiger partial charge on any atom is -0.306 e. The van der Waals surface area contributed by atoms with Crippen molar-refractivity contribution >= 4 is 30.9 Å². The topological polar surface area (TPSA) is 32.8 Å². The maximum atomic E-state index is 14.2. The lowest BCUT2D eigenvalue weighted by atomic mass is 10.1. The van der Waals surface area contributed by atoms with Crippen molar-refractivity contribution in [2.24, 2.45) is 0 Å². The van der Waals surface area contributed by atoms with Crippen LogP contribution in [-0.4, -0.2) is 47.2 Å². The van der Waals surface area contributed by atoms with Crippen LogP contribution in [0, 0.1) is 0 Å². The van der Waals surface area contributed by atoms with Gasteiger partial charge < -0.3 is 4.52 Å². The van der Waals surface area contributed by atoms with E-state index in [-0.39, 0.29) is 17.8 Å². The van der Waals surface area contributed by atoms with E-state index in [1.54, 1.807) is 37.3 Å². The molecular weight excluding hydrogens is 342 g/mol. The average molecular weight is 377 g/mol. The molecule has 124 valence electrons. The summed E-state index contributed by atoms with van der Waals surface area (Å²) >= 11 is 11.2. The number of rotatable bonds is 7. The Labute approximate surface area is 154 Å². The standard InChI is InChI=1S/C15H23Cl2N2O2P/c1-14(15-6-3-2-4-7-15)19-10-5-13-21-22(19,20)18(11-8-16)12-9-17/h2-4,6-7,14H,5,8-13H2,1H3/i8D2,9D2,11T2,12T2. The van der Waals surface area contributed by atoms with Crippen LogP contribution in [0.1, 0.15) is 35.9 Å². The largest absolute Gasteiger partial charge is 0.346 e.